The fraction of sp³-hybridized carbons (Fsp3) is 0.167. The molecule has 2 amide bonds. The van der Waals surface area contributed by atoms with Crippen LogP contribution in [0.4, 0.5) is 11.4 Å². The first-order valence-corrected chi connectivity index (χ1v) is 7.48. The zero-order valence-electron chi connectivity index (χ0n) is 13.3. The molecule has 0 aliphatic carbocycles. The molecular formula is C18H16N2O4. The Labute approximate surface area is 138 Å². The van der Waals surface area contributed by atoms with Crippen molar-refractivity contribution in [2.24, 2.45) is 0 Å². The first-order valence-electron chi connectivity index (χ1n) is 7.48. The zero-order chi connectivity index (χ0) is 17.3. The average Bonchev–Trinajstić information content (AvgIpc) is 2.55. The quantitative estimate of drug-likeness (QED) is 0.850. The lowest BCUT2D eigenvalue weighted by atomic mass is 10.1. The van der Waals surface area contributed by atoms with Crippen molar-refractivity contribution >= 4 is 29.0 Å². The van der Waals surface area contributed by atoms with E-state index in [9.17, 15) is 14.4 Å². The molecule has 0 radical (unpaired) electrons. The van der Waals surface area contributed by atoms with E-state index >= 15 is 0 Å². The van der Waals surface area contributed by atoms with Crippen LogP contribution >= 0.6 is 0 Å². The fourth-order valence-electron chi connectivity index (χ4n) is 2.37. The van der Waals surface area contributed by atoms with Crippen LogP contribution in [0, 0.1) is 0 Å². The molecular weight excluding hydrogens is 308 g/mol. The summed E-state index contributed by atoms with van der Waals surface area (Å²) < 4.78 is 5.46. The van der Waals surface area contributed by atoms with Crippen LogP contribution in [0.1, 0.15) is 34.6 Å². The normalized spacial score (nSPS) is 15.8. The van der Waals surface area contributed by atoms with E-state index in [4.69, 9.17) is 4.74 Å². The summed E-state index contributed by atoms with van der Waals surface area (Å²) in [6, 6.07) is 11.5. The molecule has 1 aliphatic heterocycles. The van der Waals surface area contributed by atoms with Crippen molar-refractivity contribution in [1.29, 1.82) is 0 Å². The van der Waals surface area contributed by atoms with Crippen LogP contribution in [0.15, 0.2) is 42.5 Å². The summed E-state index contributed by atoms with van der Waals surface area (Å²) >= 11 is 0. The van der Waals surface area contributed by atoms with Gasteiger partial charge in [-0.25, -0.2) is 0 Å². The van der Waals surface area contributed by atoms with Gasteiger partial charge in [-0.05, 0) is 44.2 Å². The first-order chi connectivity index (χ1) is 11.4. The van der Waals surface area contributed by atoms with E-state index in [0.29, 0.717) is 28.3 Å². The second-order valence-corrected chi connectivity index (χ2v) is 5.55. The van der Waals surface area contributed by atoms with Crippen LogP contribution in [-0.4, -0.2) is 23.7 Å². The Morgan fingerprint density at radius 3 is 2.67 bits per heavy atom. The summed E-state index contributed by atoms with van der Waals surface area (Å²) in [5, 5.41) is 5.44. The van der Waals surface area contributed by atoms with E-state index < -0.39 is 6.10 Å². The maximum Gasteiger partial charge on any atom is 0.265 e. The Morgan fingerprint density at radius 2 is 1.92 bits per heavy atom. The predicted molar refractivity (Wildman–Crippen MR) is 89.6 cm³/mol. The van der Waals surface area contributed by atoms with Gasteiger partial charge in [-0.1, -0.05) is 12.1 Å². The third kappa shape index (κ3) is 3.12. The Balaban J connectivity index is 1.81. The fourth-order valence-corrected chi connectivity index (χ4v) is 2.37. The number of ether oxygens (including phenoxy) is 1. The molecule has 2 aromatic rings. The van der Waals surface area contributed by atoms with Gasteiger partial charge in [0.15, 0.2) is 11.9 Å². The number of nitrogens with one attached hydrogen (secondary N) is 2. The number of rotatable bonds is 3. The number of hydrogen-bond acceptors (Lipinski definition) is 4. The number of hydrogen-bond donors (Lipinski definition) is 2. The highest BCUT2D eigenvalue weighted by Gasteiger charge is 2.24. The standard InChI is InChI=1S/C18H16N2O4/c1-10(21)12-4-3-5-14(8-12)19-18(23)13-6-7-16-15(9-13)20-17(22)11(2)24-16/h3-9,11H,1-2H3,(H,19,23)(H,20,22). The van der Waals surface area contributed by atoms with Crippen LogP contribution in [-0.2, 0) is 4.79 Å². The highest BCUT2D eigenvalue weighted by Crippen LogP contribution is 2.30. The molecule has 1 aliphatic rings. The number of ketones is 1. The average molecular weight is 324 g/mol. The largest absolute Gasteiger partial charge is 0.479 e. The number of carbonyl (C=O) groups is 3. The molecule has 0 spiro atoms. The highest BCUT2D eigenvalue weighted by molar-refractivity contribution is 6.07. The van der Waals surface area contributed by atoms with Gasteiger partial charge in [-0.3, -0.25) is 14.4 Å². The molecule has 0 fully saturated rings. The highest BCUT2D eigenvalue weighted by atomic mass is 16.5. The van der Waals surface area contributed by atoms with E-state index in [1.165, 1.54) is 6.92 Å². The molecule has 1 atom stereocenters. The minimum absolute atomic E-state index is 0.0751. The van der Waals surface area contributed by atoms with Crippen molar-refractivity contribution in [3.63, 3.8) is 0 Å². The van der Waals surface area contributed by atoms with E-state index in [1.54, 1.807) is 49.4 Å². The Hall–Kier alpha value is -3.15. The molecule has 0 aromatic heterocycles. The number of carbonyl (C=O) groups excluding carboxylic acids is 3. The number of benzene rings is 2. The van der Waals surface area contributed by atoms with Crippen LogP contribution in [0.2, 0.25) is 0 Å². The van der Waals surface area contributed by atoms with Gasteiger partial charge in [0.1, 0.15) is 5.75 Å². The molecule has 1 heterocycles. The van der Waals surface area contributed by atoms with Gasteiger partial charge < -0.3 is 15.4 Å². The van der Waals surface area contributed by atoms with Gasteiger partial charge >= 0.3 is 0 Å². The predicted octanol–water partition coefficient (Wildman–Crippen LogP) is 2.86. The third-order valence-electron chi connectivity index (χ3n) is 3.70. The second-order valence-electron chi connectivity index (χ2n) is 5.55. The number of amides is 2. The monoisotopic (exact) mass is 324 g/mol. The smallest absolute Gasteiger partial charge is 0.265 e. The van der Waals surface area contributed by atoms with Crippen molar-refractivity contribution in [3.05, 3.63) is 53.6 Å². The minimum Gasteiger partial charge on any atom is -0.479 e. The van der Waals surface area contributed by atoms with Crippen LogP contribution < -0.4 is 15.4 Å². The summed E-state index contributed by atoms with van der Waals surface area (Å²) in [4.78, 5) is 35.4. The van der Waals surface area contributed by atoms with Crippen molar-refractivity contribution in [2.45, 2.75) is 20.0 Å². The maximum absolute atomic E-state index is 12.4. The topological polar surface area (TPSA) is 84.5 Å². The number of fused-ring (bicyclic) bond motifs is 1. The van der Waals surface area contributed by atoms with E-state index in [0.717, 1.165) is 0 Å². The second kappa shape index (κ2) is 6.16. The van der Waals surface area contributed by atoms with Crippen molar-refractivity contribution in [1.82, 2.24) is 0 Å². The summed E-state index contributed by atoms with van der Waals surface area (Å²) in [5.41, 5.74) is 1.89. The van der Waals surface area contributed by atoms with E-state index in [1.807, 2.05) is 0 Å². The lowest BCUT2D eigenvalue weighted by molar-refractivity contribution is -0.122. The summed E-state index contributed by atoms with van der Waals surface area (Å²) in [6.07, 6.45) is -0.563. The maximum atomic E-state index is 12.4. The summed E-state index contributed by atoms with van der Waals surface area (Å²) in [7, 11) is 0. The molecule has 0 saturated carbocycles. The van der Waals surface area contributed by atoms with E-state index in [-0.39, 0.29) is 17.6 Å². The van der Waals surface area contributed by atoms with Gasteiger partial charge in [0.05, 0.1) is 5.69 Å². The molecule has 0 saturated heterocycles. The van der Waals surface area contributed by atoms with Crippen molar-refractivity contribution in [3.8, 4) is 5.75 Å². The molecule has 2 aromatic carbocycles. The van der Waals surface area contributed by atoms with Crippen molar-refractivity contribution in [2.75, 3.05) is 10.6 Å². The van der Waals surface area contributed by atoms with Crippen LogP contribution in [0.25, 0.3) is 0 Å². The Bertz CT molecular complexity index is 845. The minimum atomic E-state index is -0.563. The lowest BCUT2D eigenvalue weighted by Crippen LogP contribution is -2.34. The first kappa shape index (κ1) is 15.7. The molecule has 0 bridgehead atoms. The lowest BCUT2D eigenvalue weighted by Gasteiger charge is -2.23. The molecule has 6 heteroatoms. The van der Waals surface area contributed by atoms with Crippen molar-refractivity contribution < 1.29 is 19.1 Å². The summed E-state index contributed by atoms with van der Waals surface area (Å²) in [6.45, 7) is 3.12. The Kier molecular flexibility index (Phi) is 4.04. The van der Waals surface area contributed by atoms with Gasteiger partial charge in [0.25, 0.3) is 11.8 Å². The van der Waals surface area contributed by atoms with Crippen LogP contribution in [0.5, 0.6) is 5.75 Å². The molecule has 122 valence electrons. The Morgan fingerprint density at radius 1 is 1.12 bits per heavy atom. The van der Waals surface area contributed by atoms with Gasteiger partial charge in [0, 0.05) is 16.8 Å². The van der Waals surface area contributed by atoms with E-state index in [2.05, 4.69) is 10.6 Å². The molecule has 6 nitrogen and oxygen atoms in total. The summed E-state index contributed by atoms with van der Waals surface area (Å²) in [5.74, 6) is -0.147. The zero-order valence-corrected chi connectivity index (χ0v) is 13.3. The van der Waals surface area contributed by atoms with Gasteiger partial charge in [-0.15, -0.1) is 0 Å². The van der Waals surface area contributed by atoms with Crippen LogP contribution in [0.3, 0.4) is 0 Å². The molecule has 1 unspecified atom stereocenters. The number of Topliss-reactive ketones (excluding diaryl/α,β-unsaturated/α-hetero) is 1. The molecule has 3 rings (SSSR count). The third-order valence-corrected chi connectivity index (χ3v) is 3.70. The number of anilines is 2. The molecule has 24 heavy (non-hydrogen) atoms. The SMILES string of the molecule is CC(=O)c1cccc(NC(=O)c2ccc3c(c2)NC(=O)C(C)O3)c1. The van der Waals surface area contributed by atoms with Gasteiger partial charge in [-0.2, -0.15) is 0 Å². The molecule has 2 N–H and O–H groups in total. The van der Waals surface area contributed by atoms with Gasteiger partial charge in [0.2, 0.25) is 0 Å².